The van der Waals surface area contributed by atoms with Gasteiger partial charge < -0.3 is 0 Å². The van der Waals surface area contributed by atoms with Crippen LogP contribution < -0.4 is 5.01 Å². The summed E-state index contributed by atoms with van der Waals surface area (Å²) < 4.78 is 0. The molecule has 0 unspecified atom stereocenters. The van der Waals surface area contributed by atoms with E-state index in [-0.39, 0.29) is 5.91 Å². The van der Waals surface area contributed by atoms with Gasteiger partial charge in [0.05, 0.1) is 11.3 Å². The minimum atomic E-state index is -0.207. The van der Waals surface area contributed by atoms with Gasteiger partial charge >= 0.3 is 0 Å². The van der Waals surface area contributed by atoms with Crippen LogP contribution in [0.1, 0.15) is 6.92 Å². The fourth-order valence-corrected chi connectivity index (χ4v) is 1.17. The highest BCUT2D eigenvalue weighted by atomic mass is 16.2. The van der Waals surface area contributed by atoms with Crippen molar-refractivity contribution in [3.05, 3.63) is 36.5 Å². The number of hydrazone groups is 1. The third-order valence-electron chi connectivity index (χ3n) is 2.00. The maximum Gasteiger partial charge on any atom is 0.281 e. The summed E-state index contributed by atoms with van der Waals surface area (Å²) in [5.74, 6) is 0.316. The zero-order valence-corrected chi connectivity index (χ0v) is 7.77. The normalized spacial score (nSPS) is 16.1. The van der Waals surface area contributed by atoms with Crippen molar-refractivity contribution in [1.82, 2.24) is 4.98 Å². The monoisotopic (exact) mass is 187 g/mol. The van der Waals surface area contributed by atoms with E-state index in [4.69, 9.17) is 0 Å². The molecule has 1 aromatic heterocycles. The Bertz CT molecular complexity index is 422. The van der Waals surface area contributed by atoms with E-state index in [0.717, 1.165) is 0 Å². The van der Waals surface area contributed by atoms with Gasteiger partial charge in [-0.05, 0) is 19.1 Å². The Kier molecular flexibility index (Phi) is 1.89. The van der Waals surface area contributed by atoms with Gasteiger partial charge in [-0.15, -0.1) is 0 Å². The molecule has 0 saturated heterocycles. The van der Waals surface area contributed by atoms with Crippen LogP contribution in [0.3, 0.4) is 0 Å². The standard InChI is InChI=1S/C10H9N3O/c1-7-8(2)12-13(10(7)14)9-5-3-4-6-11-9/h3-6H,1H2,2H3. The van der Waals surface area contributed by atoms with Crippen LogP contribution in [0, 0.1) is 0 Å². The average molecular weight is 187 g/mol. The molecule has 0 aliphatic carbocycles. The molecule has 2 heterocycles. The predicted molar refractivity (Wildman–Crippen MR) is 54.0 cm³/mol. The maximum absolute atomic E-state index is 11.6. The molecule has 0 aromatic carbocycles. The lowest BCUT2D eigenvalue weighted by Crippen LogP contribution is -2.21. The number of amides is 1. The summed E-state index contributed by atoms with van der Waals surface area (Å²) in [6.45, 7) is 5.40. The van der Waals surface area contributed by atoms with Crippen molar-refractivity contribution in [2.24, 2.45) is 5.10 Å². The van der Waals surface area contributed by atoms with Crippen molar-refractivity contribution in [1.29, 1.82) is 0 Å². The molecule has 0 fully saturated rings. The van der Waals surface area contributed by atoms with Crippen LogP contribution in [0.5, 0.6) is 0 Å². The zero-order valence-electron chi connectivity index (χ0n) is 7.77. The van der Waals surface area contributed by atoms with Crippen molar-refractivity contribution < 1.29 is 4.79 Å². The number of hydrogen-bond acceptors (Lipinski definition) is 3. The van der Waals surface area contributed by atoms with Crippen molar-refractivity contribution in [3.8, 4) is 0 Å². The summed E-state index contributed by atoms with van der Waals surface area (Å²) in [4.78, 5) is 15.6. The van der Waals surface area contributed by atoms with Gasteiger partial charge in [0, 0.05) is 6.20 Å². The lowest BCUT2D eigenvalue weighted by molar-refractivity contribution is -0.114. The molecule has 0 atom stereocenters. The Hall–Kier alpha value is -1.97. The number of carbonyl (C=O) groups is 1. The van der Waals surface area contributed by atoms with Crippen molar-refractivity contribution in [2.45, 2.75) is 6.92 Å². The molecule has 4 nitrogen and oxygen atoms in total. The average Bonchev–Trinajstić information content (AvgIpc) is 2.47. The molecule has 1 aliphatic rings. The summed E-state index contributed by atoms with van der Waals surface area (Å²) in [6, 6.07) is 5.32. The number of pyridine rings is 1. The molecule has 14 heavy (non-hydrogen) atoms. The van der Waals surface area contributed by atoms with Gasteiger partial charge in [0.15, 0.2) is 5.82 Å². The van der Waals surface area contributed by atoms with Gasteiger partial charge in [-0.3, -0.25) is 4.79 Å². The number of aromatic nitrogens is 1. The number of anilines is 1. The minimum absolute atomic E-state index is 0.207. The molecule has 1 aromatic rings. The van der Waals surface area contributed by atoms with E-state index < -0.39 is 0 Å². The fraction of sp³-hybridized carbons (Fsp3) is 0.100. The van der Waals surface area contributed by atoms with Gasteiger partial charge in [-0.2, -0.15) is 10.1 Å². The van der Waals surface area contributed by atoms with Gasteiger partial charge in [0.25, 0.3) is 5.91 Å². The van der Waals surface area contributed by atoms with Crippen LogP contribution in [0.25, 0.3) is 0 Å². The summed E-state index contributed by atoms with van der Waals surface area (Å²) in [7, 11) is 0. The predicted octanol–water partition coefficient (Wildman–Crippen LogP) is 1.36. The maximum atomic E-state index is 11.6. The fourth-order valence-electron chi connectivity index (χ4n) is 1.17. The molecule has 0 N–H and O–H groups in total. The molecule has 70 valence electrons. The van der Waals surface area contributed by atoms with Gasteiger partial charge in [0.1, 0.15) is 0 Å². The Morgan fingerprint density at radius 3 is 2.71 bits per heavy atom. The first-order chi connectivity index (χ1) is 6.70. The van der Waals surface area contributed by atoms with Crippen LogP contribution in [0.15, 0.2) is 41.6 Å². The molecular formula is C10H9N3O. The topological polar surface area (TPSA) is 45.6 Å². The first kappa shape index (κ1) is 8.62. The number of hydrogen-bond donors (Lipinski definition) is 0. The number of carbonyl (C=O) groups excluding carboxylic acids is 1. The summed E-state index contributed by atoms with van der Waals surface area (Å²) in [5, 5.41) is 5.32. The van der Waals surface area contributed by atoms with Crippen LogP contribution in [-0.2, 0) is 4.79 Å². The van der Waals surface area contributed by atoms with E-state index >= 15 is 0 Å². The summed E-state index contributed by atoms with van der Waals surface area (Å²) in [6.07, 6.45) is 1.62. The summed E-state index contributed by atoms with van der Waals surface area (Å²) >= 11 is 0. The zero-order chi connectivity index (χ0) is 10.1. The van der Waals surface area contributed by atoms with Crippen LogP contribution in [0.2, 0.25) is 0 Å². The lowest BCUT2D eigenvalue weighted by Gasteiger charge is -2.08. The van der Waals surface area contributed by atoms with E-state index in [1.54, 1.807) is 25.3 Å². The Labute approximate surface area is 81.6 Å². The molecule has 1 aliphatic heterocycles. The molecule has 2 rings (SSSR count). The lowest BCUT2D eigenvalue weighted by atomic mass is 10.2. The highest BCUT2D eigenvalue weighted by molar-refractivity contribution is 6.29. The molecule has 4 heteroatoms. The van der Waals surface area contributed by atoms with E-state index in [0.29, 0.717) is 17.1 Å². The molecular weight excluding hydrogens is 178 g/mol. The van der Waals surface area contributed by atoms with Gasteiger partial charge in [-0.1, -0.05) is 12.6 Å². The first-order valence-corrected chi connectivity index (χ1v) is 4.20. The second-order valence-electron chi connectivity index (χ2n) is 2.97. The SMILES string of the molecule is C=C1C(=O)N(c2ccccn2)N=C1C. The van der Waals surface area contributed by atoms with Crippen molar-refractivity contribution in [2.75, 3.05) is 5.01 Å². The molecule has 0 saturated carbocycles. The first-order valence-electron chi connectivity index (χ1n) is 4.20. The second-order valence-corrected chi connectivity index (χ2v) is 2.97. The van der Waals surface area contributed by atoms with Gasteiger partial charge in [0.2, 0.25) is 0 Å². The minimum Gasteiger partial charge on any atom is -0.267 e. The van der Waals surface area contributed by atoms with E-state index in [1.807, 2.05) is 6.07 Å². The van der Waals surface area contributed by atoms with E-state index in [2.05, 4.69) is 16.7 Å². The Morgan fingerprint density at radius 1 is 1.43 bits per heavy atom. The quantitative estimate of drug-likeness (QED) is 0.623. The van der Waals surface area contributed by atoms with Crippen molar-refractivity contribution >= 4 is 17.4 Å². The molecule has 0 radical (unpaired) electrons. The summed E-state index contributed by atoms with van der Waals surface area (Å²) in [5.41, 5.74) is 1.07. The number of nitrogens with zero attached hydrogens (tertiary/aromatic N) is 3. The molecule has 1 amide bonds. The largest absolute Gasteiger partial charge is 0.281 e. The van der Waals surface area contributed by atoms with E-state index in [9.17, 15) is 4.79 Å². The highest BCUT2D eigenvalue weighted by Crippen LogP contribution is 2.19. The third-order valence-corrected chi connectivity index (χ3v) is 2.00. The molecule has 0 spiro atoms. The van der Waals surface area contributed by atoms with Crippen LogP contribution in [-0.4, -0.2) is 16.6 Å². The molecule has 0 bridgehead atoms. The van der Waals surface area contributed by atoms with Crippen molar-refractivity contribution in [3.63, 3.8) is 0 Å². The van der Waals surface area contributed by atoms with Gasteiger partial charge in [-0.25, -0.2) is 4.98 Å². The van der Waals surface area contributed by atoms with Crippen LogP contribution >= 0.6 is 0 Å². The third kappa shape index (κ3) is 1.21. The number of rotatable bonds is 1. The highest BCUT2D eigenvalue weighted by Gasteiger charge is 2.27. The Balaban J connectivity index is 2.39. The smallest absolute Gasteiger partial charge is 0.267 e. The second kappa shape index (κ2) is 3.06. The van der Waals surface area contributed by atoms with E-state index in [1.165, 1.54) is 5.01 Å². The Morgan fingerprint density at radius 2 is 2.21 bits per heavy atom. The van der Waals surface area contributed by atoms with Crippen LogP contribution in [0.4, 0.5) is 5.82 Å².